The Bertz CT molecular complexity index is 1320. The molecular weight excluding hydrogens is 358 g/mol. The quantitative estimate of drug-likeness (QED) is 0.298. The molecule has 0 bridgehead atoms. The van der Waals surface area contributed by atoms with Crippen LogP contribution in [0.2, 0.25) is 0 Å². The summed E-state index contributed by atoms with van der Waals surface area (Å²) in [7, 11) is 5.55. The van der Waals surface area contributed by atoms with Gasteiger partial charge in [0.05, 0.1) is 25.0 Å². The van der Waals surface area contributed by atoms with Crippen LogP contribution in [0.5, 0.6) is 11.5 Å². The van der Waals surface area contributed by atoms with E-state index < -0.39 is 0 Å². The number of rotatable bonds is 3. The van der Waals surface area contributed by atoms with Crippen LogP contribution in [0.1, 0.15) is 0 Å². The van der Waals surface area contributed by atoms with E-state index in [0.717, 1.165) is 38.9 Å². The first-order chi connectivity index (χ1) is 14.2. The van der Waals surface area contributed by atoms with E-state index in [9.17, 15) is 0 Å². The van der Waals surface area contributed by atoms with Crippen LogP contribution in [0.3, 0.4) is 0 Å². The van der Waals surface area contributed by atoms with Crippen molar-refractivity contribution in [2.24, 2.45) is 7.05 Å². The molecule has 0 spiro atoms. The fourth-order valence-corrected chi connectivity index (χ4v) is 4.41. The summed E-state index contributed by atoms with van der Waals surface area (Å²) in [5, 5.41) is 4.60. The molecule has 5 aromatic rings. The SMILES string of the molecule is COc1cccc2c1c(-c1cccc3ccccc13)c1c(OC)cccc1[n+]2C. The summed E-state index contributed by atoms with van der Waals surface area (Å²) in [4.78, 5) is 0. The van der Waals surface area contributed by atoms with Gasteiger partial charge in [-0.3, -0.25) is 0 Å². The summed E-state index contributed by atoms with van der Waals surface area (Å²) < 4.78 is 13.9. The van der Waals surface area contributed by atoms with E-state index in [-0.39, 0.29) is 0 Å². The number of methoxy groups -OCH3 is 2. The molecule has 0 amide bonds. The Morgan fingerprint density at radius 2 is 1.17 bits per heavy atom. The van der Waals surface area contributed by atoms with E-state index >= 15 is 0 Å². The number of pyridine rings is 1. The van der Waals surface area contributed by atoms with Crippen molar-refractivity contribution in [3.63, 3.8) is 0 Å². The van der Waals surface area contributed by atoms with Gasteiger partial charge in [0.15, 0.2) is 0 Å². The minimum absolute atomic E-state index is 0.855. The van der Waals surface area contributed by atoms with E-state index in [4.69, 9.17) is 9.47 Å². The average molecular weight is 380 g/mol. The molecule has 0 atom stereocenters. The number of benzene rings is 4. The molecule has 1 aromatic heterocycles. The summed E-state index contributed by atoms with van der Waals surface area (Å²) >= 11 is 0. The molecule has 0 unspecified atom stereocenters. The molecule has 3 heteroatoms. The number of hydrogen-bond acceptors (Lipinski definition) is 2. The number of nitrogens with zero attached hydrogens (tertiary/aromatic N) is 1. The minimum atomic E-state index is 0.855. The second-order valence-corrected chi connectivity index (χ2v) is 7.17. The van der Waals surface area contributed by atoms with Gasteiger partial charge in [-0.1, -0.05) is 54.6 Å². The normalized spacial score (nSPS) is 11.3. The van der Waals surface area contributed by atoms with Crippen molar-refractivity contribution < 1.29 is 14.0 Å². The largest absolute Gasteiger partial charge is 0.496 e. The van der Waals surface area contributed by atoms with Crippen molar-refractivity contribution >= 4 is 32.6 Å². The van der Waals surface area contributed by atoms with Crippen LogP contribution in [-0.4, -0.2) is 14.2 Å². The maximum atomic E-state index is 5.82. The second kappa shape index (κ2) is 6.78. The lowest BCUT2D eigenvalue weighted by atomic mass is 9.91. The van der Waals surface area contributed by atoms with Gasteiger partial charge in [-0.2, -0.15) is 4.57 Å². The summed E-state index contributed by atoms with van der Waals surface area (Å²) in [6.07, 6.45) is 0. The third-order valence-electron chi connectivity index (χ3n) is 5.73. The predicted molar refractivity (Wildman–Crippen MR) is 119 cm³/mol. The Morgan fingerprint density at radius 3 is 1.79 bits per heavy atom. The number of ether oxygens (including phenoxy) is 2. The van der Waals surface area contributed by atoms with Crippen molar-refractivity contribution in [3.8, 4) is 22.6 Å². The van der Waals surface area contributed by atoms with E-state index in [1.807, 2.05) is 24.3 Å². The molecule has 5 rings (SSSR count). The van der Waals surface area contributed by atoms with Gasteiger partial charge in [-0.15, -0.1) is 0 Å². The zero-order valence-corrected chi connectivity index (χ0v) is 16.8. The molecule has 142 valence electrons. The number of aryl methyl sites for hydroxylation is 1. The van der Waals surface area contributed by atoms with Crippen LogP contribution >= 0.6 is 0 Å². The van der Waals surface area contributed by atoms with E-state index in [0.29, 0.717) is 0 Å². The Hall–Kier alpha value is -3.59. The number of fused-ring (bicyclic) bond motifs is 3. The molecule has 0 aliphatic heterocycles. The van der Waals surface area contributed by atoms with Gasteiger partial charge < -0.3 is 9.47 Å². The Labute approximate surface area is 169 Å². The molecular formula is C26H22NO2+. The topological polar surface area (TPSA) is 22.3 Å². The maximum absolute atomic E-state index is 5.82. The maximum Gasteiger partial charge on any atom is 0.217 e. The zero-order valence-electron chi connectivity index (χ0n) is 16.8. The van der Waals surface area contributed by atoms with Gasteiger partial charge in [-0.05, 0) is 28.5 Å². The van der Waals surface area contributed by atoms with Crippen molar-refractivity contribution in [2.45, 2.75) is 0 Å². The second-order valence-electron chi connectivity index (χ2n) is 7.17. The Kier molecular flexibility index (Phi) is 4.09. The fraction of sp³-hybridized carbons (Fsp3) is 0.115. The van der Waals surface area contributed by atoms with Gasteiger partial charge in [0, 0.05) is 17.7 Å². The molecule has 0 aliphatic carbocycles. The van der Waals surface area contributed by atoms with E-state index in [1.165, 1.54) is 16.3 Å². The summed E-state index contributed by atoms with van der Waals surface area (Å²) in [6.45, 7) is 0. The fourth-order valence-electron chi connectivity index (χ4n) is 4.41. The third kappa shape index (κ3) is 2.54. The molecule has 1 heterocycles. The Morgan fingerprint density at radius 1 is 0.621 bits per heavy atom. The first-order valence-electron chi connectivity index (χ1n) is 9.68. The highest BCUT2D eigenvalue weighted by atomic mass is 16.5. The van der Waals surface area contributed by atoms with Crippen molar-refractivity contribution in [3.05, 3.63) is 78.9 Å². The average Bonchev–Trinajstić information content (AvgIpc) is 2.78. The van der Waals surface area contributed by atoms with Crippen LogP contribution in [-0.2, 0) is 7.05 Å². The molecule has 0 saturated heterocycles. The first-order valence-corrected chi connectivity index (χ1v) is 9.68. The van der Waals surface area contributed by atoms with Gasteiger partial charge >= 0.3 is 0 Å². The van der Waals surface area contributed by atoms with Crippen LogP contribution < -0.4 is 14.0 Å². The minimum Gasteiger partial charge on any atom is -0.496 e. The lowest BCUT2D eigenvalue weighted by Gasteiger charge is -2.16. The van der Waals surface area contributed by atoms with Gasteiger partial charge in [0.2, 0.25) is 11.0 Å². The summed E-state index contributed by atoms with van der Waals surface area (Å²) in [6, 6.07) is 27.4. The highest BCUT2D eigenvalue weighted by Gasteiger charge is 2.25. The lowest BCUT2D eigenvalue weighted by molar-refractivity contribution is -0.617. The highest BCUT2D eigenvalue weighted by Crippen LogP contribution is 2.44. The monoisotopic (exact) mass is 380 g/mol. The highest BCUT2D eigenvalue weighted by molar-refractivity contribution is 6.16. The molecule has 3 nitrogen and oxygen atoms in total. The molecule has 0 N–H and O–H groups in total. The van der Waals surface area contributed by atoms with Crippen molar-refractivity contribution in [1.82, 2.24) is 0 Å². The van der Waals surface area contributed by atoms with Crippen LogP contribution in [0.25, 0.3) is 43.7 Å². The zero-order chi connectivity index (χ0) is 20.0. The van der Waals surface area contributed by atoms with Gasteiger partial charge in [0.25, 0.3) is 0 Å². The number of hydrogen-bond donors (Lipinski definition) is 0. The number of aromatic nitrogens is 1. The predicted octanol–water partition coefficient (Wildman–Crippen LogP) is 5.65. The molecule has 4 aromatic carbocycles. The summed E-state index contributed by atoms with van der Waals surface area (Å²) in [5.74, 6) is 1.71. The van der Waals surface area contributed by atoms with E-state index in [2.05, 4.69) is 66.2 Å². The standard InChI is InChI=1S/C26H22NO2/c1-27-20-13-7-15-22(28-2)25(20)24(26-21(27)14-8-16-23(26)29-3)19-12-6-10-17-9-4-5-11-18(17)19/h4-16H,1-3H3/q+1. The molecule has 0 saturated carbocycles. The van der Waals surface area contributed by atoms with E-state index in [1.54, 1.807) is 14.2 Å². The van der Waals surface area contributed by atoms with Gasteiger partial charge in [0.1, 0.15) is 18.5 Å². The lowest BCUT2D eigenvalue weighted by Crippen LogP contribution is -2.30. The van der Waals surface area contributed by atoms with Crippen molar-refractivity contribution in [2.75, 3.05) is 14.2 Å². The molecule has 0 fully saturated rings. The molecule has 0 radical (unpaired) electrons. The smallest absolute Gasteiger partial charge is 0.217 e. The first kappa shape index (κ1) is 17.5. The Balaban J connectivity index is 2.12. The van der Waals surface area contributed by atoms with Crippen LogP contribution in [0.4, 0.5) is 0 Å². The van der Waals surface area contributed by atoms with Crippen LogP contribution in [0.15, 0.2) is 78.9 Å². The third-order valence-corrected chi connectivity index (χ3v) is 5.73. The van der Waals surface area contributed by atoms with Crippen molar-refractivity contribution in [1.29, 1.82) is 0 Å². The molecule has 0 aliphatic rings. The van der Waals surface area contributed by atoms with Gasteiger partial charge in [-0.25, -0.2) is 0 Å². The molecule has 29 heavy (non-hydrogen) atoms. The van der Waals surface area contributed by atoms with Crippen LogP contribution in [0, 0.1) is 0 Å². The summed E-state index contributed by atoms with van der Waals surface area (Å²) in [5.41, 5.74) is 4.55.